The highest BCUT2D eigenvalue weighted by Crippen LogP contribution is 2.43. The van der Waals surface area contributed by atoms with E-state index < -0.39 is 32.5 Å². The zero-order valence-electron chi connectivity index (χ0n) is 34.7. The van der Waals surface area contributed by atoms with Crippen molar-refractivity contribution in [2.75, 3.05) is 47.5 Å². The Morgan fingerprint density at radius 2 is 1.00 bits per heavy atom. The number of rotatable bonds is 36. The molecular weight excluding hydrogens is 701 g/mol. The lowest BCUT2D eigenvalue weighted by molar-refractivity contribution is -0.870. The Morgan fingerprint density at radius 3 is 1.46 bits per heavy atom. The van der Waals surface area contributed by atoms with E-state index in [-0.39, 0.29) is 26.1 Å². The molecule has 0 aromatic rings. The van der Waals surface area contributed by atoms with Crippen LogP contribution >= 0.6 is 7.82 Å². The summed E-state index contributed by atoms with van der Waals surface area (Å²) in [6.07, 6.45) is 43.7. The first-order valence-electron chi connectivity index (χ1n) is 20.7. The molecule has 0 aromatic heterocycles. The largest absolute Gasteiger partial charge is 0.472 e. The van der Waals surface area contributed by atoms with Crippen LogP contribution in [0.1, 0.15) is 142 Å². The van der Waals surface area contributed by atoms with Gasteiger partial charge in [-0.2, -0.15) is 0 Å². The maximum absolute atomic E-state index is 12.7. The Balaban J connectivity index is 4.50. The second kappa shape index (κ2) is 36.1. The fourth-order valence-corrected chi connectivity index (χ4v) is 5.73. The van der Waals surface area contributed by atoms with E-state index >= 15 is 0 Å². The number of nitrogens with zero attached hydrogens (tertiary/aromatic N) is 1. The summed E-state index contributed by atoms with van der Waals surface area (Å²) in [6.45, 7) is 4.24. The zero-order chi connectivity index (χ0) is 40.0. The Labute approximate surface area is 329 Å². The smallest absolute Gasteiger partial charge is 0.462 e. The summed E-state index contributed by atoms with van der Waals surface area (Å²) < 4.78 is 34.2. The highest BCUT2D eigenvalue weighted by Gasteiger charge is 2.27. The molecule has 9 nitrogen and oxygen atoms in total. The first-order chi connectivity index (χ1) is 26.0. The summed E-state index contributed by atoms with van der Waals surface area (Å²) >= 11 is 0. The summed E-state index contributed by atoms with van der Waals surface area (Å²) in [4.78, 5) is 35.3. The minimum Gasteiger partial charge on any atom is -0.462 e. The lowest BCUT2D eigenvalue weighted by atomic mass is 10.1. The molecule has 1 N–H and O–H groups in total. The fraction of sp³-hybridized carbons (Fsp3) is 0.682. The summed E-state index contributed by atoms with van der Waals surface area (Å²) in [5, 5.41) is 0. The van der Waals surface area contributed by atoms with Crippen molar-refractivity contribution in [1.82, 2.24) is 0 Å². The van der Waals surface area contributed by atoms with Crippen molar-refractivity contribution in [3.63, 3.8) is 0 Å². The van der Waals surface area contributed by atoms with Crippen LogP contribution in [0.5, 0.6) is 0 Å². The minimum absolute atomic E-state index is 0.0198. The molecule has 0 aliphatic rings. The number of likely N-dealkylation sites (N-methyl/N-ethyl adjacent to an activating group) is 1. The van der Waals surface area contributed by atoms with Gasteiger partial charge in [0.1, 0.15) is 19.8 Å². The lowest BCUT2D eigenvalue weighted by Crippen LogP contribution is -2.37. The third-order valence-corrected chi connectivity index (χ3v) is 9.32. The van der Waals surface area contributed by atoms with Crippen LogP contribution in [0.4, 0.5) is 0 Å². The first-order valence-corrected chi connectivity index (χ1v) is 22.2. The number of ether oxygens (including phenoxy) is 2. The van der Waals surface area contributed by atoms with Crippen LogP contribution in [0.25, 0.3) is 0 Å². The number of phosphoric acid groups is 1. The predicted molar refractivity (Wildman–Crippen MR) is 224 cm³/mol. The van der Waals surface area contributed by atoms with Gasteiger partial charge in [-0.15, -0.1) is 0 Å². The van der Waals surface area contributed by atoms with Gasteiger partial charge in [-0.1, -0.05) is 151 Å². The molecular formula is C44H77NO8P+. The minimum atomic E-state index is -4.39. The Morgan fingerprint density at radius 1 is 0.574 bits per heavy atom. The van der Waals surface area contributed by atoms with E-state index in [0.717, 1.165) is 77.0 Å². The molecule has 0 heterocycles. The van der Waals surface area contributed by atoms with E-state index in [0.29, 0.717) is 23.9 Å². The summed E-state index contributed by atoms with van der Waals surface area (Å²) in [7, 11) is 1.43. The van der Waals surface area contributed by atoms with E-state index in [2.05, 4.69) is 86.8 Å². The molecule has 0 aromatic carbocycles. The maximum Gasteiger partial charge on any atom is 0.472 e. The SMILES string of the molecule is CCCC/C=C/C=C/C=C/CCCCCCCC(=O)OC[C@H](COP(=O)(O)OCC[N+](C)(C)C)OC(=O)CCCCCCC/C=C/C=C/C=C/CCCC. The number of carbonyl (C=O) groups excluding carboxylic acids is 2. The molecule has 10 heteroatoms. The molecule has 0 bridgehead atoms. The molecule has 0 aliphatic heterocycles. The van der Waals surface area contributed by atoms with Crippen LogP contribution in [0, 0.1) is 0 Å². The Kier molecular flexibility index (Phi) is 34.4. The van der Waals surface area contributed by atoms with Crippen molar-refractivity contribution in [3.8, 4) is 0 Å². The number of hydrogen-bond donors (Lipinski definition) is 1. The van der Waals surface area contributed by atoms with Gasteiger partial charge in [0.2, 0.25) is 0 Å². The molecule has 0 amide bonds. The van der Waals surface area contributed by atoms with E-state index in [9.17, 15) is 19.0 Å². The van der Waals surface area contributed by atoms with Crippen molar-refractivity contribution in [2.45, 2.75) is 148 Å². The van der Waals surface area contributed by atoms with Gasteiger partial charge in [0.25, 0.3) is 0 Å². The van der Waals surface area contributed by atoms with Crippen LogP contribution < -0.4 is 0 Å². The quantitative estimate of drug-likeness (QED) is 0.0220. The zero-order valence-corrected chi connectivity index (χ0v) is 35.6. The molecule has 54 heavy (non-hydrogen) atoms. The molecule has 310 valence electrons. The Bertz CT molecular complexity index is 1150. The van der Waals surface area contributed by atoms with E-state index in [1.54, 1.807) is 0 Å². The van der Waals surface area contributed by atoms with Gasteiger partial charge in [0.05, 0.1) is 27.7 Å². The van der Waals surface area contributed by atoms with Gasteiger partial charge in [0, 0.05) is 12.8 Å². The second-order valence-corrected chi connectivity index (χ2v) is 16.2. The molecule has 0 spiro atoms. The molecule has 0 rings (SSSR count). The standard InChI is InChI=1S/C44H76NO8P/c1-6-8-10-12-14-16-18-20-22-24-26-28-30-32-34-36-43(46)50-40-42(41-52-54(48,49)51-39-38-45(3,4)5)53-44(47)37-35-33-31-29-27-25-23-21-19-17-15-13-11-9-7-2/h12-23,42H,6-11,24-41H2,1-5H3/p+1/b14-12+,15-13+,18-16+,19-17+,22-20+,23-21+/t42-/m1/s1. The number of phosphoric ester groups is 1. The fourth-order valence-electron chi connectivity index (χ4n) is 4.99. The highest BCUT2D eigenvalue weighted by atomic mass is 31.2. The topological polar surface area (TPSA) is 108 Å². The number of allylic oxidation sites excluding steroid dienone is 12. The average molecular weight is 779 g/mol. The maximum atomic E-state index is 12.7. The first kappa shape index (κ1) is 51.5. The van der Waals surface area contributed by atoms with Gasteiger partial charge in [0.15, 0.2) is 6.10 Å². The van der Waals surface area contributed by atoms with Crippen LogP contribution in [0.2, 0.25) is 0 Å². The molecule has 0 radical (unpaired) electrons. The summed E-state index contributed by atoms with van der Waals surface area (Å²) in [5.74, 6) is -0.854. The third-order valence-electron chi connectivity index (χ3n) is 8.33. The molecule has 0 fully saturated rings. The third kappa shape index (κ3) is 39.2. The monoisotopic (exact) mass is 779 g/mol. The van der Waals surface area contributed by atoms with Gasteiger partial charge in [-0.05, 0) is 51.4 Å². The molecule has 2 atom stereocenters. The second-order valence-electron chi connectivity index (χ2n) is 14.8. The number of esters is 2. The number of unbranched alkanes of at least 4 members (excludes halogenated alkanes) is 14. The summed E-state index contributed by atoms with van der Waals surface area (Å²) in [6, 6.07) is 0. The lowest BCUT2D eigenvalue weighted by Gasteiger charge is -2.24. The number of hydrogen-bond acceptors (Lipinski definition) is 7. The van der Waals surface area contributed by atoms with Crippen LogP contribution in [-0.4, -0.2) is 74.9 Å². The highest BCUT2D eigenvalue weighted by molar-refractivity contribution is 7.47. The number of quaternary nitrogens is 1. The van der Waals surface area contributed by atoms with E-state index in [4.69, 9.17) is 18.5 Å². The summed E-state index contributed by atoms with van der Waals surface area (Å²) in [5.41, 5.74) is 0. The average Bonchev–Trinajstić information content (AvgIpc) is 3.12. The molecule has 0 saturated carbocycles. The van der Waals surface area contributed by atoms with E-state index in [1.165, 1.54) is 25.7 Å². The van der Waals surface area contributed by atoms with Crippen LogP contribution in [0.3, 0.4) is 0 Å². The van der Waals surface area contributed by atoms with Crippen LogP contribution in [0.15, 0.2) is 72.9 Å². The van der Waals surface area contributed by atoms with Gasteiger partial charge in [-0.25, -0.2) is 4.57 Å². The molecule has 1 unspecified atom stereocenters. The predicted octanol–water partition coefficient (Wildman–Crippen LogP) is 11.5. The van der Waals surface area contributed by atoms with E-state index in [1.807, 2.05) is 21.1 Å². The van der Waals surface area contributed by atoms with Crippen molar-refractivity contribution < 1.29 is 42.1 Å². The van der Waals surface area contributed by atoms with Gasteiger partial charge in [-0.3, -0.25) is 18.6 Å². The van der Waals surface area contributed by atoms with Crippen LogP contribution in [-0.2, 0) is 32.7 Å². The normalized spacial score (nSPS) is 14.4. The van der Waals surface area contributed by atoms with Crippen molar-refractivity contribution in [2.24, 2.45) is 0 Å². The van der Waals surface area contributed by atoms with Crippen molar-refractivity contribution in [3.05, 3.63) is 72.9 Å². The van der Waals surface area contributed by atoms with Gasteiger partial charge < -0.3 is 18.9 Å². The van der Waals surface area contributed by atoms with Crippen molar-refractivity contribution >= 4 is 19.8 Å². The van der Waals surface area contributed by atoms with Gasteiger partial charge >= 0.3 is 19.8 Å². The molecule has 0 aliphatic carbocycles. The number of carbonyl (C=O) groups is 2. The molecule has 0 saturated heterocycles. The Hall–Kier alpha value is -2.55. The van der Waals surface area contributed by atoms with Crippen molar-refractivity contribution in [1.29, 1.82) is 0 Å².